The number of aromatic nitrogens is 4. The van der Waals surface area contributed by atoms with Crippen LogP contribution in [0.3, 0.4) is 0 Å². The van der Waals surface area contributed by atoms with Crippen molar-refractivity contribution in [3.63, 3.8) is 0 Å². The second-order valence-electron chi connectivity index (χ2n) is 6.98. The molecular weight excluding hydrogens is 364 g/mol. The minimum Gasteiger partial charge on any atom is -0.339 e. The van der Waals surface area contributed by atoms with Crippen LogP contribution in [0.5, 0.6) is 0 Å². The zero-order valence-corrected chi connectivity index (χ0v) is 16.0. The molecule has 0 saturated heterocycles. The molecule has 0 spiro atoms. The zero-order chi connectivity index (χ0) is 19.8. The van der Waals surface area contributed by atoms with E-state index in [9.17, 15) is 4.79 Å². The third kappa shape index (κ3) is 3.10. The number of amides is 1. The number of carbonyl (C=O) groups is 1. The van der Waals surface area contributed by atoms with Gasteiger partial charge in [0.25, 0.3) is 0 Å². The highest BCUT2D eigenvalue weighted by atomic mass is 16.2. The Labute approximate surface area is 168 Å². The summed E-state index contributed by atoms with van der Waals surface area (Å²) in [6.45, 7) is 2.69. The summed E-state index contributed by atoms with van der Waals surface area (Å²) >= 11 is 0. The summed E-state index contributed by atoms with van der Waals surface area (Å²) in [4.78, 5) is 13.9. The van der Waals surface area contributed by atoms with Gasteiger partial charge in [-0.2, -0.15) is 4.52 Å². The van der Waals surface area contributed by atoms with Crippen LogP contribution in [0.2, 0.25) is 0 Å². The van der Waals surface area contributed by atoms with Gasteiger partial charge in [0.05, 0.1) is 0 Å². The predicted octanol–water partition coefficient (Wildman–Crippen LogP) is 3.83. The fraction of sp³-hybridized carbons (Fsp3) is 0.182. The van der Waals surface area contributed by atoms with E-state index < -0.39 is 0 Å². The Bertz CT molecular complexity index is 1200. The first kappa shape index (κ1) is 17.4. The van der Waals surface area contributed by atoms with E-state index >= 15 is 0 Å². The van der Waals surface area contributed by atoms with Gasteiger partial charge in [-0.25, -0.2) is 0 Å². The number of anilines is 3. The third-order valence-corrected chi connectivity index (χ3v) is 5.16. The van der Waals surface area contributed by atoms with Gasteiger partial charge in [0.2, 0.25) is 5.91 Å². The number of aryl methyl sites for hydroxylation is 1. The lowest BCUT2D eigenvalue weighted by Gasteiger charge is -2.28. The molecular formula is C22H20N6O. The summed E-state index contributed by atoms with van der Waals surface area (Å²) in [5.41, 5.74) is 4.77. The van der Waals surface area contributed by atoms with E-state index in [0.29, 0.717) is 30.3 Å². The molecule has 29 heavy (non-hydrogen) atoms. The highest BCUT2D eigenvalue weighted by Crippen LogP contribution is 2.31. The van der Waals surface area contributed by atoms with E-state index in [2.05, 4.69) is 26.7 Å². The number of benzene rings is 2. The molecule has 0 radical (unpaired) electrons. The van der Waals surface area contributed by atoms with Crippen LogP contribution in [0.1, 0.15) is 18.9 Å². The number of hydrogen-bond donors (Lipinski definition) is 1. The average Bonchev–Trinajstić information content (AvgIpc) is 3.18. The van der Waals surface area contributed by atoms with Gasteiger partial charge in [-0.15, -0.1) is 15.3 Å². The Balaban J connectivity index is 1.47. The fourth-order valence-corrected chi connectivity index (χ4v) is 3.76. The van der Waals surface area contributed by atoms with E-state index in [1.807, 2.05) is 66.4 Å². The third-order valence-electron chi connectivity index (χ3n) is 5.16. The van der Waals surface area contributed by atoms with Gasteiger partial charge in [-0.3, -0.25) is 4.79 Å². The first-order chi connectivity index (χ1) is 14.2. The van der Waals surface area contributed by atoms with Crippen LogP contribution in [-0.4, -0.2) is 32.3 Å². The van der Waals surface area contributed by atoms with Gasteiger partial charge in [-0.1, -0.05) is 30.3 Å². The standard InChI is InChI=1S/C22H20N6O/c1-2-27-18-10-9-17(14-16(18)8-13-21(27)29)23-19-11-12-20-24-25-22(28(20)26-19)15-6-4-3-5-7-15/h3-7,9-12,14H,2,8,13H2,1H3,(H,23,26). The molecule has 4 aromatic rings. The van der Waals surface area contributed by atoms with Crippen LogP contribution < -0.4 is 10.2 Å². The normalized spacial score (nSPS) is 13.6. The van der Waals surface area contributed by atoms with Crippen molar-refractivity contribution in [2.75, 3.05) is 16.8 Å². The second-order valence-corrected chi connectivity index (χ2v) is 6.98. The van der Waals surface area contributed by atoms with Crippen LogP contribution in [0.25, 0.3) is 17.0 Å². The molecule has 1 N–H and O–H groups in total. The number of fused-ring (bicyclic) bond motifs is 2. The lowest BCUT2D eigenvalue weighted by molar-refractivity contribution is -0.118. The monoisotopic (exact) mass is 384 g/mol. The molecule has 0 bridgehead atoms. The molecule has 0 unspecified atom stereocenters. The molecule has 0 fully saturated rings. The predicted molar refractivity (Wildman–Crippen MR) is 112 cm³/mol. The van der Waals surface area contributed by atoms with Gasteiger partial charge in [0, 0.05) is 29.9 Å². The molecule has 5 rings (SSSR count). The SMILES string of the molecule is CCN1C(=O)CCc2cc(Nc3ccc4nnc(-c5ccccc5)n4n3)ccc21. The Morgan fingerprint density at radius 3 is 2.69 bits per heavy atom. The van der Waals surface area contributed by atoms with Crippen LogP contribution in [0.4, 0.5) is 17.2 Å². The topological polar surface area (TPSA) is 75.4 Å². The van der Waals surface area contributed by atoms with Crippen molar-refractivity contribution in [3.05, 3.63) is 66.2 Å². The number of hydrogen-bond acceptors (Lipinski definition) is 5. The minimum absolute atomic E-state index is 0.189. The summed E-state index contributed by atoms with van der Waals surface area (Å²) in [5, 5.41) is 16.5. The Kier molecular flexibility index (Phi) is 4.20. The van der Waals surface area contributed by atoms with Gasteiger partial charge < -0.3 is 10.2 Å². The maximum absolute atomic E-state index is 12.1. The lowest BCUT2D eigenvalue weighted by atomic mass is 10.0. The molecule has 0 aliphatic carbocycles. The lowest BCUT2D eigenvalue weighted by Crippen LogP contribution is -2.34. The number of nitrogens with one attached hydrogen (secondary N) is 1. The quantitative estimate of drug-likeness (QED) is 0.579. The van der Waals surface area contributed by atoms with Crippen molar-refractivity contribution < 1.29 is 4.79 Å². The van der Waals surface area contributed by atoms with Crippen molar-refractivity contribution in [1.29, 1.82) is 0 Å². The molecule has 0 saturated carbocycles. The van der Waals surface area contributed by atoms with Crippen molar-refractivity contribution in [2.24, 2.45) is 0 Å². The van der Waals surface area contributed by atoms with Crippen LogP contribution in [0, 0.1) is 0 Å². The Hall–Kier alpha value is -3.74. The number of carbonyl (C=O) groups excluding carboxylic acids is 1. The summed E-state index contributed by atoms with van der Waals surface area (Å²) in [6, 6.07) is 19.7. The molecule has 1 amide bonds. The van der Waals surface area contributed by atoms with Gasteiger partial charge >= 0.3 is 0 Å². The summed E-state index contributed by atoms with van der Waals surface area (Å²) in [5.74, 6) is 1.59. The smallest absolute Gasteiger partial charge is 0.227 e. The number of rotatable bonds is 4. The summed E-state index contributed by atoms with van der Waals surface area (Å²) in [6.07, 6.45) is 1.31. The highest BCUT2D eigenvalue weighted by Gasteiger charge is 2.22. The average molecular weight is 384 g/mol. The van der Waals surface area contributed by atoms with Crippen molar-refractivity contribution in [1.82, 2.24) is 19.8 Å². The second kappa shape index (κ2) is 7.01. The zero-order valence-electron chi connectivity index (χ0n) is 16.0. The molecule has 2 aromatic carbocycles. The summed E-state index contributed by atoms with van der Waals surface area (Å²) < 4.78 is 1.74. The van der Waals surface area contributed by atoms with Crippen molar-refractivity contribution >= 4 is 28.7 Å². The summed E-state index contributed by atoms with van der Waals surface area (Å²) in [7, 11) is 0. The van der Waals surface area contributed by atoms with E-state index in [0.717, 1.165) is 23.4 Å². The Morgan fingerprint density at radius 1 is 1.00 bits per heavy atom. The molecule has 1 aliphatic rings. The molecule has 1 aliphatic heterocycles. The minimum atomic E-state index is 0.189. The van der Waals surface area contributed by atoms with Crippen LogP contribution in [0.15, 0.2) is 60.7 Å². The van der Waals surface area contributed by atoms with Gasteiger partial charge in [0.15, 0.2) is 17.3 Å². The Morgan fingerprint density at radius 2 is 1.86 bits per heavy atom. The fourth-order valence-electron chi connectivity index (χ4n) is 3.76. The van der Waals surface area contributed by atoms with E-state index in [1.54, 1.807) is 4.52 Å². The van der Waals surface area contributed by atoms with Crippen LogP contribution >= 0.6 is 0 Å². The van der Waals surface area contributed by atoms with Crippen molar-refractivity contribution in [2.45, 2.75) is 19.8 Å². The molecule has 7 nitrogen and oxygen atoms in total. The van der Waals surface area contributed by atoms with E-state index in [1.165, 1.54) is 5.56 Å². The maximum atomic E-state index is 12.1. The molecule has 3 heterocycles. The van der Waals surface area contributed by atoms with Crippen molar-refractivity contribution in [3.8, 4) is 11.4 Å². The maximum Gasteiger partial charge on any atom is 0.227 e. The van der Waals surface area contributed by atoms with E-state index in [4.69, 9.17) is 0 Å². The largest absolute Gasteiger partial charge is 0.339 e. The first-order valence-electron chi connectivity index (χ1n) is 9.71. The van der Waals surface area contributed by atoms with E-state index in [-0.39, 0.29) is 5.91 Å². The first-order valence-corrected chi connectivity index (χ1v) is 9.71. The molecule has 144 valence electrons. The van der Waals surface area contributed by atoms with Crippen LogP contribution in [-0.2, 0) is 11.2 Å². The van der Waals surface area contributed by atoms with Gasteiger partial charge in [0.1, 0.15) is 0 Å². The van der Waals surface area contributed by atoms with Gasteiger partial charge in [-0.05, 0) is 49.2 Å². The molecule has 7 heteroatoms. The number of nitrogens with zero attached hydrogens (tertiary/aromatic N) is 5. The highest BCUT2D eigenvalue weighted by molar-refractivity contribution is 5.96. The molecule has 2 aromatic heterocycles. The molecule has 0 atom stereocenters.